The van der Waals surface area contributed by atoms with Crippen molar-refractivity contribution in [3.8, 4) is 5.75 Å². The van der Waals surface area contributed by atoms with Crippen LogP contribution < -0.4 is 0 Å². The van der Waals surface area contributed by atoms with Gasteiger partial charge in [-0.15, -0.1) is 11.3 Å². The van der Waals surface area contributed by atoms with Gasteiger partial charge in [0.1, 0.15) is 16.9 Å². The second kappa shape index (κ2) is 6.98. The average Bonchev–Trinajstić information content (AvgIpc) is 2.90. The molecule has 0 radical (unpaired) electrons. The molecule has 6 heteroatoms. The van der Waals surface area contributed by atoms with E-state index in [0.29, 0.717) is 18.8 Å². The number of aromatic hydroxyl groups is 1. The lowest BCUT2D eigenvalue weighted by Crippen LogP contribution is -2.18. The third-order valence-corrected chi connectivity index (χ3v) is 4.27. The Morgan fingerprint density at radius 1 is 1.33 bits per heavy atom. The predicted octanol–water partition coefficient (Wildman–Crippen LogP) is 2.89. The molecule has 0 bridgehead atoms. The van der Waals surface area contributed by atoms with Gasteiger partial charge < -0.3 is 9.84 Å². The number of thiazole rings is 1. The predicted molar refractivity (Wildman–Crippen MR) is 83.3 cm³/mol. The largest absolute Gasteiger partial charge is 0.506 e. The van der Waals surface area contributed by atoms with E-state index in [0.717, 1.165) is 16.4 Å². The standard InChI is InChI=1S/C15H21N3O2S/c1-10-5-6-14(19)13(16-10)8-18(3)7-12-9-21-15(17-12)11(2)20-4/h5-6,9,11,19H,7-8H2,1-4H3/t11-/m0/s1. The van der Waals surface area contributed by atoms with Gasteiger partial charge >= 0.3 is 0 Å². The van der Waals surface area contributed by atoms with Crippen LogP contribution in [0.15, 0.2) is 17.5 Å². The molecule has 0 spiro atoms. The maximum absolute atomic E-state index is 9.84. The highest BCUT2D eigenvalue weighted by molar-refractivity contribution is 7.09. The SMILES string of the molecule is CO[C@@H](C)c1nc(CN(C)Cc2nc(C)ccc2O)cs1. The number of pyridine rings is 1. The lowest BCUT2D eigenvalue weighted by Gasteiger charge is -2.15. The first-order valence-electron chi connectivity index (χ1n) is 6.80. The highest BCUT2D eigenvalue weighted by atomic mass is 32.1. The summed E-state index contributed by atoms with van der Waals surface area (Å²) >= 11 is 1.61. The van der Waals surface area contributed by atoms with Gasteiger partial charge in [-0.2, -0.15) is 0 Å². The molecule has 1 N–H and O–H groups in total. The molecule has 2 rings (SSSR count). The molecule has 0 aliphatic rings. The fourth-order valence-corrected chi connectivity index (χ4v) is 2.83. The van der Waals surface area contributed by atoms with E-state index in [1.54, 1.807) is 30.6 Å². The van der Waals surface area contributed by atoms with Gasteiger partial charge in [0.05, 0.1) is 11.4 Å². The monoisotopic (exact) mass is 307 g/mol. The molecular formula is C15H21N3O2S. The lowest BCUT2D eigenvalue weighted by molar-refractivity contribution is 0.119. The fraction of sp³-hybridized carbons (Fsp3) is 0.467. The van der Waals surface area contributed by atoms with Gasteiger partial charge in [0.25, 0.3) is 0 Å². The van der Waals surface area contributed by atoms with Crippen LogP contribution in [0.3, 0.4) is 0 Å². The van der Waals surface area contributed by atoms with Gasteiger partial charge in [-0.3, -0.25) is 9.88 Å². The topological polar surface area (TPSA) is 58.5 Å². The first kappa shape index (κ1) is 15.9. The molecule has 0 aliphatic carbocycles. The Morgan fingerprint density at radius 2 is 2.10 bits per heavy atom. The molecule has 0 amide bonds. The van der Waals surface area contributed by atoms with Crippen LogP contribution in [-0.4, -0.2) is 34.1 Å². The molecule has 21 heavy (non-hydrogen) atoms. The summed E-state index contributed by atoms with van der Waals surface area (Å²) in [5, 5.41) is 12.9. The fourth-order valence-electron chi connectivity index (χ4n) is 1.99. The molecule has 0 unspecified atom stereocenters. The van der Waals surface area contributed by atoms with Crippen LogP contribution in [0.25, 0.3) is 0 Å². The zero-order valence-corrected chi connectivity index (χ0v) is 13.6. The van der Waals surface area contributed by atoms with E-state index >= 15 is 0 Å². The summed E-state index contributed by atoms with van der Waals surface area (Å²) < 4.78 is 5.27. The minimum absolute atomic E-state index is 0.0246. The highest BCUT2D eigenvalue weighted by Crippen LogP contribution is 2.22. The molecular weight excluding hydrogens is 286 g/mol. The Hall–Kier alpha value is -1.50. The maximum Gasteiger partial charge on any atom is 0.138 e. The van der Waals surface area contributed by atoms with Crippen molar-refractivity contribution < 1.29 is 9.84 Å². The minimum Gasteiger partial charge on any atom is -0.506 e. The third-order valence-electron chi connectivity index (χ3n) is 3.21. The van der Waals surface area contributed by atoms with Gasteiger partial charge in [0.15, 0.2) is 0 Å². The molecule has 5 nitrogen and oxygen atoms in total. The Kier molecular flexibility index (Phi) is 5.27. The van der Waals surface area contributed by atoms with E-state index in [-0.39, 0.29) is 11.9 Å². The smallest absolute Gasteiger partial charge is 0.138 e. The number of hydrogen-bond donors (Lipinski definition) is 1. The molecule has 1 atom stereocenters. The number of nitrogens with zero attached hydrogens (tertiary/aromatic N) is 3. The zero-order chi connectivity index (χ0) is 15.4. The molecule has 114 valence electrons. The second-order valence-electron chi connectivity index (χ2n) is 5.15. The minimum atomic E-state index is 0.0246. The third kappa shape index (κ3) is 4.23. The van der Waals surface area contributed by atoms with Crippen LogP contribution >= 0.6 is 11.3 Å². The van der Waals surface area contributed by atoms with E-state index in [9.17, 15) is 5.11 Å². The van der Waals surface area contributed by atoms with Gasteiger partial charge in [0, 0.05) is 31.3 Å². The first-order chi connectivity index (χ1) is 9.99. The van der Waals surface area contributed by atoms with Crippen LogP contribution in [0.4, 0.5) is 0 Å². The number of rotatable bonds is 6. The number of methoxy groups -OCH3 is 1. The Labute approximate surface area is 129 Å². The van der Waals surface area contributed by atoms with Crippen molar-refractivity contribution in [3.63, 3.8) is 0 Å². The summed E-state index contributed by atoms with van der Waals surface area (Å²) in [5.41, 5.74) is 2.60. The van der Waals surface area contributed by atoms with Gasteiger partial charge in [-0.1, -0.05) is 0 Å². The summed E-state index contributed by atoms with van der Waals surface area (Å²) in [5.74, 6) is 0.236. The lowest BCUT2D eigenvalue weighted by atomic mass is 10.2. The van der Waals surface area contributed by atoms with Crippen molar-refractivity contribution in [3.05, 3.63) is 39.6 Å². The summed E-state index contributed by atoms with van der Waals surface area (Å²) in [7, 11) is 3.67. The molecule has 0 saturated heterocycles. The molecule has 2 aromatic rings. The first-order valence-corrected chi connectivity index (χ1v) is 7.68. The van der Waals surface area contributed by atoms with Crippen molar-refractivity contribution in [2.75, 3.05) is 14.2 Å². The van der Waals surface area contributed by atoms with Crippen LogP contribution in [0.5, 0.6) is 5.75 Å². The maximum atomic E-state index is 9.84. The van der Waals surface area contributed by atoms with Gasteiger partial charge in [-0.25, -0.2) is 4.98 Å². The number of aryl methyl sites for hydroxylation is 1. The zero-order valence-electron chi connectivity index (χ0n) is 12.8. The van der Waals surface area contributed by atoms with Crippen LogP contribution in [0, 0.1) is 6.92 Å². The summed E-state index contributed by atoms with van der Waals surface area (Å²) in [6, 6.07) is 3.49. The van der Waals surface area contributed by atoms with Gasteiger partial charge in [0.2, 0.25) is 0 Å². The molecule has 0 aliphatic heterocycles. The van der Waals surface area contributed by atoms with Gasteiger partial charge in [-0.05, 0) is 33.0 Å². The Bertz CT molecular complexity index is 600. The van der Waals surface area contributed by atoms with Crippen LogP contribution in [0.1, 0.15) is 35.1 Å². The molecule has 2 aromatic heterocycles. The highest BCUT2D eigenvalue weighted by Gasteiger charge is 2.12. The van der Waals surface area contributed by atoms with E-state index < -0.39 is 0 Å². The molecule has 0 aromatic carbocycles. The molecule has 0 saturated carbocycles. The summed E-state index contributed by atoms with van der Waals surface area (Å²) in [6.07, 6.45) is 0.0246. The average molecular weight is 307 g/mol. The molecule has 2 heterocycles. The number of aromatic nitrogens is 2. The number of ether oxygens (including phenoxy) is 1. The Morgan fingerprint density at radius 3 is 2.81 bits per heavy atom. The van der Waals surface area contributed by atoms with E-state index in [2.05, 4.69) is 14.9 Å². The summed E-state index contributed by atoms with van der Waals surface area (Å²) in [4.78, 5) is 11.0. The van der Waals surface area contributed by atoms with Crippen molar-refractivity contribution in [2.24, 2.45) is 0 Å². The van der Waals surface area contributed by atoms with Crippen molar-refractivity contribution in [2.45, 2.75) is 33.0 Å². The molecule has 0 fully saturated rings. The summed E-state index contributed by atoms with van der Waals surface area (Å²) in [6.45, 7) is 5.20. The Balaban J connectivity index is 1.99. The van der Waals surface area contributed by atoms with Crippen molar-refractivity contribution in [1.82, 2.24) is 14.9 Å². The van der Waals surface area contributed by atoms with Crippen molar-refractivity contribution in [1.29, 1.82) is 0 Å². The number of hydrogen-bond acceptors (Lipinski definition) is 6. The van der Waals surface area contributed by atoms with Crippen LogP contribution in [0.2, 0.25) is 0 Å². The van der Waals surface area contributed by atoms with E-state index in [1.807, 2.05) is 26.3 Å². The van der Waals surface area contributed by atoms with Crippen LogP contribution in [-0.2, 0) is 17.8 Å². The normalized spacial score (nSPS) is 12.8. The van der Waals surface area contributed by atoms with E-state index in [4.69, 9.17) is 4.74 Å². The van der Waals surface area contributed by atoms with Crippen molar-refractivity contribution >= 4 is 11.3 Å². The quantitative estimate of drug-likeness (QED) is 0.889. The second-order valence-corrected chi connectivity index (χ2v) is 6.04. The van der Waals surface area contributed by atoms with E-state index in [1.165, 1.54) is 0 Å².